The molecule has 2 aromatic rings. The molecule has 0 spiro atoms. The molecule has 1 amide bonds. The van der Waals surface area contributed by atoms with Crippen LogP contribution in [-0.4, -0.2) is 22.4 Å². The zero-order chi connectivity index (χ0) is 13.7. The van der Waals surface area contributed by atoms with Crippen LogP contribution in [0.3, 0.4) is 0 Å². The lowest BCUT2D eigenvalue weighted by Gasteiger charge is -2.07. The summed E-state index contributed by atoms with van der Waals surface area (Å²) in [5.41, 5.74) is 0.654. The van der Waals surface area contributed by atoms with Gasteiger partial charge in [0.05, 0.1) is 6.42 Å². The van der Waals surface area contributed by atoms with E-state index < -0.39 is 0 Å². The van der Waals surface area contributed by atoms with Gasteiger partial charge in [-0.05, 0) is 17.7 Å². The van der Waals surface area contributed by atoms with Gasteiger partial charge >= 0.3 is 0 Å². The average molecular weight is 298 g/mol. The number of hydrogen-bond acceptors (Lipinski definition) is 2. The second-order valence-corrected chi connectivity index (χ2v) is 4.83. The normalized spacial score (nSPS) is 10.4. The monoisotopic (exact) mass is 297 g/mol. The standard InChI is InChI=1S/C13H13Cl2N3O/c14-10-2-1-3-11(15)9(10)8-13(19)18-5-4-12-16-6-7-17-12/h1-3,6-7H,4-5,8H2,(H,16,17)(H,18,19). The lowest BCUT2D eigenvalue weighted by Crippen LogP contribution is -2.27. The van der Waals surface area contributed by atoms with Gasteiger partial charge in [-0.15, -0.1) is 0 Å². The molecular weight excluding hydrogens is 285 g/mol. The van der Waals surface area contributed by atoms with Gasteiger partial charge in [-0.25, -0.2) is 4.98 Å². The molecule has 6 heteroatoms. The van der Waals surface area contributed by atoms with Crippen molar-refractivity contribution < 1.29 is 4.79 Å². The minimum atomic E-state index is -0.110. The molecule has 0 atom stereocenters. The molecule has 0 saturated carbocycles. The summed E-state index contributed by atoms with van der Waals surface area (Å²) in [7, 11) is 0. The molecule has 100 valence electrons. The van der Waals surface area contributed by atoms with Crippen LogP contribution in [0.5, 0.6) is 0 Å². The lowest BCUT2D eigenvalue weighted by atomic mass is 10.1. The van der Waals surface area contributed by atoms with Crippen molar-refractivity contribution in [3.8, 4) is 0 Å². The van der Waals surface area contributed by atoms with Crippen molar-refractivity contribution in [2.24, 2.45) is 0 Å². The van der Waals surface area contributed by atoms with Crippen LogP contribution in [0, 0.1) is 0 Å². The van der Waals surface area contributed by atoms with Crippen LogP contribution in [0.4, 0.5) is 0 Å². The molecule has 0 fully saturated rings. The molecule has 2 N–H and O–H groups in total. The van der Waals surface area contributed by atoms with Gasteiger partial charge in [-0.3, -0.25) is 4.79 Å². The van der Waals surface area contributed by atoms with E-state index in [0.717, 1.165) is 5.82 Å². The van der Waals surface area contributed by atoms with Gasteiger partial charge in [0.1, 0.15) is 5.82 Å². The third kappa shape index (κ3) is 3.98. The number of halogens is 2. The van der Waals surface area contributed by atoms with Crippen molar-refractivity contribution in [3.05, 3.63) is 52.0 Å². The summed E-state index contributed by atoms with van der Waals surface area (Å²) in [6.07, 6.45) is 4.27. The van der Waals surface area contributed by atoms with Crippen LogP contribution in [0.1, 0.15) is 11.4 Å². The predicted molar refractivity (Wildman–Crippen MR) is 75.5 cm³/mol. The number of aromatic nitrogens is 2. The topological polar surface area (TPSA) is 57.8 Å². The largest absolute Gasteiger partial charge is 0.355 e. The molecule has 0 bridgehead atoms. The Kier molecular flexibility index (Phi) is 4.82. The van der Waals surface area contributed by atoms with Crippen LogP contribution in [0.2, 0.25) is 10.0 Å². The third-order valence-corrected chi connectivity index (χ3v) is 3.35. The molecule has 2 rings (SSSR count). The number of nitrogens with one attached hydrogen (secondary N) is 2. The van der Waals surface area contributed by atoms with Gasteiger partial charge in [0.2, 0.25) is 5.91 Å². The molecule has 1 aromatic heterocycles. The van der Waals surface area contributed by atoms with E-state index in [1.807, 2.05) is 0 Å². The van der Waals surface area contributed by atoms with Crippen LogP contribution in [-0.2, 0) is 17.6 Å². The summed E-state index contributed by atoms with van der Waals surface area (Å²) in [5.74, 6) is 0.734. The van der Waals surface area contributed by atoms with Crippen molar-refractivity contribution >= 4 is 29.1 Å². The molecule has 19 heavy (non-hydrogen) atoms. The maximum absolute atomic E-state index is 11.8. The average Bonchev–Trinajstić information content (AvgIpc) is 2.87. The molecular formula is C13H13Cl2N3O. The zero-order valence-electron chi connectivity index (χ0n) is 10.1. The Morgan fingerprint density at radius 1 is 1.32 bits per heavy atom. The number of carbonyl (C=O) groups excluding carboxylic acids is 1. The first-order valence-electron chi connectivity index (χ1n) is 5.84. The summed E-state index contributed by atoms with van der Waals surface area (Å²) in [6.45, 7) is 0.522. The van der Waals surface area contributed by atoms with E-state index in [1.165, 1.54) is 0 Å². The molecule has 0 unspecified atom stereocenters. The van der Waals surface area contributed by atoms with E-state index in [-0.39, 0.29) is 12.3 Å². The number of aromatic amines is 1. The lowest BCUT2D eigenvalue weighted by molar-refractivity contribution is -0.120. The summed E-state index contributed by atoms with van der Waals surface area (Å²) >= 11 is 12.0. The van der Waals surface area contributed by atoms with Crippen LogP contribution < -0.4 is 5.32 Å². The second-order valence-electron chi connectivity index (χ2n) is 4.01. The predicted octanol–water partition coefficient (Wildman–Crippen LogP) is 2.62. The minimum Gasteiger partial charge on any atom is -0.355 e. The van der Waals surface area contributed by atoms with Crippen molar-refractivity contribution in [1.29, 1.82) is 0 Å². The highest BCUT2D eigenvalue weighted by Crippen LogP contribution is 2.24. The Hall–Kier alpha value is -1.52. The number of H-pyrrole nitrogens is 1. The molecule has 0 saturated heterocycles. The summed E-state index contributed by atoms with van der Waals surface area (Å²) in [5, 5.41) is 3.82. The number of amides is 1. The molecule has 0 aliphatic rings. The molecule has 0 aliphatic carbocycles. The highest BCUT2D eigenvalue weighted by Gasteiger charge is 2.10. The Morgan fingerprint density at radius 2 is 2.05 bits per heavy atom. The molecule has 0 radical (unpaired) electrons. The van der Waals surface area contributed by atoms with Crippen molar-refractivity contribution in [3.63, 3.8) is 0 Å². The van der Waals surface area contributed by atoms with Crippen molar-refractivity contribution in [2.45, 2.75) is 12.8 Å². The van der Waals surface area contributed by atoms with Crippen LogP contribution in [0.15, 0.2) is 30.6 Å². The van der Waals surface area contributed by atoms with E-state index in [1.54, 1.807) is 30.6 Å². The number of hydrogen-bond donors (Lipinski definition) is 2. The Balaban J connectivity index is 1.84. The molecule has 0 aliphatic heterocycles. The Bertz CT molecular complexity index is 535. The quantitative estimate of drug-likeness (QED) is 0.891. The SMILES string of the molecule is O=C(Cc1c(Cl)cccc1Cl)NCCc1ncc[nH]1. The summed E-state index contributed by atoms with van der Waals surface area (Å²) in [4.78, 5) is 18.8. The van der Waals surface area contributed by atoms with E-state index in [2.05, 4.69) is 15.3 Å². The Labute approximate surface area is 121 Å². The van der Waals surface area contributed by atoms with Gasteiger partial charge in [-0.1, -0.05) is 29.3 Å². The van der Waals surface area contributed by atoms with E-state index in [9.17, 15) is 4.79 Å². The van der Waals surface area contributed by atoms with E-state index in [0.29, 0.717) is 28.6 Å². The maximum Gasteiger partial charge on any atom is 0.224 e. The van der Waals surface area contributed by atoms with E-state index >= 15 is 0 Å². The first-order chi connectivity index (χ1) is 9.16. The van der Waals surface area contributed by atoms with Gasteiger partial charge in [-0.2, -0.15) is 0 Å². The fourth-order valence-corrected chi connectivity index (χ4v) is 2.21. The minimum absolute atomic E-state index is 0.110. The van der Waals surface area contributed by atoms with Crippen LogP contribution >= 0.6 is 23.2 Å². The van der Waals surface area contributed by atoms with Gasteiger partial charge in [0, 0.05) is 35.4 Å². The third-order valence-electron chi connectivity index (χ3n) is 2.64. The first-order valence-corrected chi connectivity index (χ1v) is 6.60. The Morgan fingerprint density at radius 3 is 2.68 bits per heavy atom. The summed E-state index contributed by atoms with van der Waals surface area (Å²) in [6, 6.07) is 5.20. The summed E-state index contributed by atoms with van der Waals surface area (Å²) < 4.78 is 0. The number of imidazole rings is 1. The second kappa shape index (κ2) is 6.59. The van der Waals surface area contributed by atoms with Crippen LogP contribution in [0.25, 0.3) is 0 Å². The molecule has 4 nitrogen and oxygen atoms in total. The van der Waals surface area contributed by atoms with Gasteiger partial charge in [0.15, 0.2) is 0 Å². The maximum atomic E-state index is 11.8. The fourth-order valence-electron chi connectivity index (χ4n) is 1.68. The first kappa shape index (κ1) is 13.9. The number of benzene rings is 1. The van der Waals surface area contributed by atoms with Gasteiger partial charge in [0.25, 0.3) is 0 Å². The zero-order valence-corrected chi connectivity index (χ0v) is 11.6. The number of rotatable bonds is 5. The molecule has 1 heterocycles. The number of carbonyl (C=O) groups is 1. The fraction of sp³-hybridized carbons (Fsp3) is 0.231. The van der Waals surface area contributed by atoms with Crippen molar-refractivity contribution in [2.75, 3.05) is 6.54 Å². The van der Waals surface area contributed by atoms with E-state index in [4.69, 9.17) is 23.2 Å². The number of nitrogens with zero attached hydrogens (tertiary/aromatic N) is 1. The van der Waals surface area contributed by atoms with Crippen molar-refractivity contribution in [1.82, 2.24) is 15.3 Å². The molecule has 1 aromatic carbocycles. The highest BCUT2D eigenvalue weighted by molar-refractivity contribution is 6.36. The highest BCUT2D eigenvalue weighted by atomic mass is 35.5. The smallest absolute Gasteiger partial charge is 0.224 e. The van der Waals surface area contributed by atoms with Gasteiger partial charge < -0.3 is 10.3 Å².